The summed E-state index contributed by atoms with van der Waals surface area (Å²) in [7, 11) is 0. The fraction of sp³-hybridized carbons (Fsp3) is 0.130. The van der Waals surface area contributed by atoms with Crippen molar-refractivity contribution in [2.24, 2.45) is 0 Å². The Morgan fingerprint density at radius 2 is 1.67 bits per heavy atom. The topological polar surface area (TPSA) is 64.6 Å². The van der Waals surface area contributed by atoms with E-state index in [0.717, 1.165) is 17.7 Å². The molecule has 0 fully saturated rings. The molecule has 0 heterocycles. The third-order valence-electron chi connectivity index (χ3n) is 4.18. The van der Waals surface area contributed by atoms with Gasteiger partial charge in [0.05, 0.1) is 11.3 Å². The quantitative estimate of drug-likeness (QED) is 0.571. The molecule has 0 saturated heterocycles. The second-order valence-electron chi connectivity index (χ2n) is 6.46. The van der Waals surface area contributed by atoms with Crippen LogP contribution in [0.15, 0.2) is 72.8 Å². The monoisotopic (exact) mass is 411 g/mol. The minimum atomic E-state index is -1.18. The number of carbonyl (C=O) groups excluding carboxylic acids is 2. The van der Waals surface area contributed by atoms with E-state index in [9.17, 15) is 18.4 Å². The van der Waals surface area contributed by atoms with Gasteiger partial charge in [-0.1, -0.05) is 30.3 Å². The first-order valence-electron chi connectivity index (χ1n) is 9.16. The molecule has 0 radical (unpaired) electrons. The van der Waals surface area contributed by atoms with E-state index in [4.69, 9.17) is 9.47 Å². The lowest BCUT2D eigenvalue weighted by Gasteiger charge is -2.14. The molecule has 3 aromatic carbocycles. The Morgan fingerprint density at radius 3 is 2.33 bits per heavy atom. The lowest BCUT2D eigenvalue weighted by molar-refractivity contribution is -0.123. The van der Waals surface area contributed by atoms with E-state index < -0.39 is 29.6 Å². The fourth-order valence-corrected chi connectivity index (χ4v) is 2.54. The van der Waals surface area contributed by atoms with Crippen molar-refractivity contribution in [2.75, 3.05) is 5.32 Å². The van der Waals surface area contributed by atoms with Gasteiger partial charge in [0.1, 0.15) is 24.0 Å². The number of hydrogen-bond acceptors (Lipinski definition) is 4. The number of halogens is 2. The Kier molecular flexibility index (Phi) is 6.75. The molecule has 7 heteroatoms. The van der Waals surface area contributed by atoms with Crippen LogP contribution in [0.2, 0.25) is 0 Å². The Bertz CT molecular complexity index is 1020. The first kappa shape index (κ1) is 21.0. The van der Waals surface area contributed by atoms with Gasteiger partial charge in [-0.25, -0.2) is 13.6 Å². The molecule has 0 aliphatic carbocycles. The molecule has 3 rings (SSSR count). The summed E-state index contributed by atoms with van der Waals surface area (Å²) in [5, 5.41) is 2.26. The van der Waals surface area contributed by atoms with Crippen LogP contribution in [0.5, 0.6) is 5.75 Å². The molecule has 1 N–H and O–H groups in total. The summed E-state index contributed by atoms with van der Waals surface area (Å²) in [4.78, 5) is 24.4. The number of benzene rings is 3. The van der Waals surface area contributed by atoms with Crippen LogP contribution in [-0.4, -0.2) is 18.0 Å². The highest BCUT2D eigenvalue weighted by molar-refractivity contribution is 5.97. The maximum Gasteiger partial charge on any atom is 0.338 e. The SMILES string of the molecule is C[C@H](OC(=O)c1ccc(OCc2ccccc2)cc1)C(=O)Nc1ccc(F)cc1F. The molecule has 154 valence electrons. The molecule has 0 unspecified atom stereocenters. The molecule has 0 aromatic heterocycles. The van der Waals surface area contributed by atoms with E-state index in [2.05, 4.69) is 5.32 Å². The van der Waals surface area contributed by atoms with Crippen LogP contribution in [0, 0.1) is 11.6 Å². The first-order chi connectivity index (χ1) is 14.4. The molecule has 0 saturated carbocycles. The van der Waals surface area contributed by atoms with Crippen molar-refractivity contribution in [2.45, 2.75) is 19.6 Å². The van der Waals surface area contributed by atoms with Crippen LogP contribution in [0.1, 0.15) is 22.8 Å². The van der Waals surface area contributed by atoms with Gasteiger partial charge in [0.15, 0.2) is 6.10 Å². The van der Waals surface area contributed by atoms with Gasteiger partial charge >= 0.3 is 5.97 Å². The molecule has 1 amide bonds. The van der Waals surface area contributed by atoms with E-state index in [1.165, 1.54) is 19.1 Å². The molecule has 0 bridgehead atoms. The number of rotatable bonds is 7. The molecule has 0 aliphatic rings. The maximum atomic E-state index is 13.6. The minimum Gasteiger partial charge on any atom is -0.489 e. The first-order valence-corrected chi connectivity index (χ1v) is 9.16. The van der Waals surface area contributed by atoms with Crippen molar-refractivity contribution in [1.29, 1.82) is 0 Å². The van der Waals surface area contributed by atoms with E-state index in [1.807, 2.05) is 30.3 Å². The van der Waals surface area contributed by atoms with Crippen molar-refractivity contribution < 1.29 is 27.8 Å². The van der Waals surface area contributed by atoms with E-state index in [1.54, 1.807) is 12.1 Å². The lowest BCUT2D eigenvalue weighted by atomic mass is 10.2. The van der Waals surface area contributed by atoms with Crippen LogP contribution in [0.25, 0.3) is 0 Å². The predicted octanol–water partition coefficient (Wildman–Crippen LogP) is 4.73. The van der Waals surface area contributed by atoms with Crippen LogP contribution in [0.4, 0.5) is 14.5 Å². The van der Waals surface area contributed by atoms with Gasteiger partial charge in [0.2, 0.25) is 0 Å². The Balaban J connectivity index is 1.53. The highest BCUT2D eigenvalue weighted by atomic mass is 19.1. The van der Waals surface area contributed by atoms with E-state index >= 15 is 0 Å². The Morgan fingerprint density at radius 1 is 0.967 bits per heavy atom. The van der Waals surface area contributed by atoms with Crippen molar-refractivity contribution in [3.8, 4) is 5.75 Å². The average molecular weight is 411 g/mol. The Labute approximate surface area is 172 Å². The summed E-state index contributed by atoms with van der Waals surface area (Å²) >= 11 is 0. The number of carbonyl (C=O) groups is 2. The number of nitrogens with one attached hydrogen (secondary N) is 1. The molecule has 30 heavy (non-hydrogen) atoms. The number of esters is 1. The number of hydrogen-bond donors (Lipinski definition) is 1. The van der Waals surface area contributed by atoms with Crippen molar-refractivity contribution >= 4 is 17.6 Å². The van der Waals surface area contributed by atoms with E-state index in [0.29, 0.717) is 18.4 Å². The van der Waals surface area contributed by atoms with Crippen molar-refractivity contribution in [1.82, 2.24) is 0 Å². The zero-order valence-corrected chi connectivity index (χ0v) is 16.1. The second kappa shape index (κ2) is 9.65. The second-order valence-corrected chi connectivity index (χ2v) is 6.46. The fourth-order valence-electron chi connectivity index (χ4n) is 2.54. The van der Waals surface area contributed by atoms with Gasteiger partial charge < -0.3 is 14.8 Å². The highest BCUT2D eigenvalue weighted by Gasteiger charge is 2.20. The normalized spacial score (nSPS) is 11.4. The van der Waals surface area contributed by atoms with Gasteiger partial charge in [-0.15, -0.1) is 0 Å². The van der Waals surface area contributed by atoms with Gasteiger partial charge in [-0.3, -0.25) is 4.79 Å². The van der Waals surface area contributed by atoms with Gasteiger partial charge in [-0.2, -0.15) is 0 Å². The minimum absolute atomic E-state index is 0.204. The van der Waals surface area contributed by atoms with Crippen LogP contribution in [0.3, 0.4) is 0 Å². The van der Waals surface area contributed by atoms with Crippen molar-refractivity contribution in [3.05, 3.63) is 95.6 Å². The summed E-state index contributed by atoms with van der Waals surface area (Å²) < 4.78 is 37.3. The van der Waals surface area contributed by atoms with Crippen molar-refractivity contribution in [3.63, 3.8) is 0 Å². The number of anilines is 1. The predicted molar refractivity (Wildman–Crippen MR) is 107 cm³/mol. The largest absolute Gasteiger partial charge is 0.489 e. The summed E-state index contributed by atoms with van der Waals surface area (Å²) in [6.45, 7) is 1.74. The molecule has 1 atom stereocenters. The van der Waals surface area contributed by atoms with Crippen LogP contribution in [-0.2, 0) is 16.1 Å². The molecular formula is C23H19F2NO4. The third kappa shape index (κ3) is 5.64. The number of amides is 1. The zero-order valence-electron chi connectivity index (χ0n) is 16.1. The number of ether oxygens (including phenoxy) is 2. The standard InChI is InChI=1S/C23H19F2NO4/c1-15(22(27)26-21-12-9-18(24)13-20(21)25)30-23(28)17-7-10-19(11-8-17)29-14-16-5-3-2-4-6-16/h2-13,15H,14H2,1H3,(H,26,27)/t15-/m0/s1. The maximum absolute atomic E-state index is 13.6. The summed E-state index contributed by atoms with van der Waals surface area (Å²) in [6.07, 6.45) is -1.18. The molecule has 0 aliphatic heterocycles. The van der Waals surface area contributed by atoms with Crippen LogP contribution < -0.4 is 10.1 Å². The molecular weight excluding hydrogens is 392 g/mol. The smallest absolute Gasteiger partial charge is 0.338 e. The van der Waals surface area contributed by atoms with Gasteiger partial charge in [-0.05, 0) is 48.9 Å². The lowest BCUT2D eigenvalue weighted by Crippen LogP contribution is -2.30. The van der Waals surface area contributed by atoms with Gasteiger partial charge in [0.25, 0.3) is 5.91 Å². The van der Waals surface area contributed by atoms with Gasteiger partial charge in [0, 0.05) is 6.07 Å². The van der Waals surface area contributed by atoms with Crippen LogP contribution >= 0.6 is 0 Å². The summed E-state index contributed by atoms with van der Waals surface area (Å²) in [5.41, 5.74) is 1.04. The van der Waals surface area contributed by atoms with E-state index in [-0.39, 0.29) is 11.3 Å². The molecule has 3 aromatic rings. The highest BCUT2D eigenvalue weighted by Crippen LogP contribution is 2.17. The Hall–Kier alpha value is -3.74. The molecule has 0 spiro atoms. The average Bonchev–Trinajstić information content (AvgIpc) is 2.75. The zero-order chi connectivity index (χ0) is 21.5. The third-order valence-corrected chi connectivity index (χ3v) is 4.18. The molecule has 5 nitrogen and oxygen atoms in total. The summed E-state index contributed by atoms with van der Waals surface area (Å²) in [6, 6.07) is 18.7. The summed E-state index contributed by atoms with van der Waals surface area (Å²) in [5.74, 6) is -2.56.